The summed E-state index contributed by atoms with van der Waals surface area (Å²) in [4.78, 5) is 18.2. The summed E-state index contributed by atoms with van der Waals surface area (Å²) in [6, 6.07) is 25.6. The maximum atomic E-state index is 13.7. The van der Waals surface area contributed by atoms with Gasteiger partial charge in [0, 0.05) is 11.9 Å². The van der Waals surface area contributed by atoms with Crippen LogP contribution >= 0.6 is 0 Å². The van der Waals surface area contributed by atoms with E-state index in [0.717, 1.165) is 39.6 Å². The molecule has 1 saturated carbocycles. The highest BCUT2D eigenvalue weighted by Gasteiger charge is 2.35. The molecule has 0 radical (unpaired) electrons. The Morgan fingerprint density at radius 2 is 1.82 bits per heavy atom. The lowest BCUT2D eigenvalue weighted by Gasteiger charge is -2.29. The molecule has 200 valence electrons. The molecule has 1 unspecified atom stereocenters. The van der Waals surface area contributed by atoms with Crippen molar-refractivity contribution in [2.45, 2.75) is 45.1 Å². The molecular formula is C33H33BN4O2. The van der Waals surface area contributed by atoms with Crippen LogP contribution in [0.5, 0.6) is 0 Å². The molecule has 0 saturated heterocycles. The summed E-state index contributed by atoms with van der Waals surface area (Å²) in [5.74, 6) is 0.409. The summed E-state index contributed by atoms with van der Waals surface area (Å²) in [6.45, 7) is 3.96. The number of aliphatic hydroxyl groups is 1. The molecule has 0 aliphatic heterocycles. The number of amides is 1. The number of aromatic nitrogens is 3. The van der Waals surface area contributed by atoms with Crippen LogP contribution in [0.25, 0.3) is 16.5 Å². The van der Waals surface area contributed by atoms with E-state index in [0.29, 0.717) is 29.4 Å². The summed E-state index contributed by atoms with van der Waals surface area (Å²) in [5, 5.41) is 22.0. The lowest BCUT2D eigenvalue weighted by atomic mass is 9.82. The molecule has 0 bridgehead atoms. The lowest BCUT2D eigenvalue weighted by molar-refractivity contribution is 0.0625. The Morgan fingerprint density at radius 3 is 2.60 bits per heavy atom. The number of nitrogens with zero attached hydrogens (tertiary/aromatic N) is 3. The van der Waals surface area contributed by atoms with Gasteiger partial charge >= 0.3 is 0 Å². The van der Waals surface area contributed by atoms with Crippen LogP contribution in [0.4, 0.5) is 5.69 Å². The predicted molar refractivity (Wildman–Crippen MR) is 162 cm³/mol. The number of carbonyl (C=O) groups excluding carboxylic acids is 1. The number of nitrogens with one attached hydrogen (secondary N) is 1. The van der Waals surface area contributed by atoms with Gasteiger partial charge in [-0.25, -0.2) is 4.68 Å². The Hall–Kier alpha value is -4.23. The number of benzene rings is 3. The minimum Gasteiger partial charge on any atom is -0.379 e. The number of aryl methyl sites for hydroxylation is 2. The number of pyridine rings is 1. The van der Waals surface area contributed by atoms with E-state index >= 15 is 0 Å². The van der Waals surface area contributed by atoms with E-state index in [9.17, 15) is 9.90 Å². The molecule has 1 aliphatic carbocycles. The number of hydrogen-bond acceptors (Lipinski definition) is 4. The molecule has 2 aromatic heterocycles. The molecule has 1 atom stereocenters. The summed E-state index contributed by atoms with van der Waals surface area (Å²) in [5.41, 5.74) is 4.90. The molecule has 0 spiro atoms. The van der Waals surface area contributed by atoms with Crippen LogP contribution in [0, 0.1) is 19.8 Å². The fourth-order valence-corrected chi connectivity index (χ4v) is 5.39. The first kappa shape index (κ1) is 26.0. The zero-order valence-corrected chi connectivity index (χ0v) is 23.2. The first-order valence-electron chi connectivity index (χ1n) is 13.9. The van der Waals surface area contributed by atoms with E-state index < -0.39 is 5.60 Å². The van der Waals surface area contributed by atoms with Crippen LogP contribution in [-0.2, 0) is 5.60 Å². The third kappa shape index (κ3) is 5.17. The molecule has 1 aliphatic rings. The summed E-state index contributed by atoms with van der Waals surface area (Å²) in [7, 11) is 1.96. The van der Waals surface area contributed by atoms with Crippen molar-refractivity contribution in [3.8, 4) is 5.69 Å². The average molecular weight is 528 g/mol. The van der Waals surface area contributed by atoms with Gasteiger partial charge in [-0.2, -0.15) is 5.10 Å². The normalized spacial score (nSPS) is 14.7. The minimum absolute atomic E-state index is 0.260. The van der Waals surface area contributed by atoms with Crippen LogP contribution < -0.4 is 10.8 Å². The highest BCUT2D eigenvalue weighted by atomic mass is 16.3. The highest BCUT2D eigenvalue weighted by molar-refractivity contribution is 6.36. The van der Waals surface area contributed by atoms with Gasteiger partial charge in [-0.3, -0.25) is 9.78 Å². The van der Waals surface area contributed by atoms with Crippen LogP contribution in [0.1, 0.15) is 58.7 Å². The molecule has 7 heteroatoms. The van der Waals surface area contributed by atoms with Crippen molar-refractivity contribution in [1.82, 2.24) is 14.8 Å². The second-order valence-electron chi connectivity index (χ2n) is 11.2. The average Bonchev–Trinajstić information content (AvgIpc) is 3.72. The number of anilines is 1. The van der Waals surface area contributed by atoms with E-state index in [1.807, 2.05) is 57.2 Å². The molecular weight excluding hydrogens is 495 g/mol. The fourth-order valence-electron chi connectivity index (χ4n) is 5.39. The standard InChI is InChI=1S/C33H33BN4O2/c1-21-6-9-25-19-27(12-10-24(25)17-21)38-30(18-22(2)37-38)32(39)36-29-20-26(11-13-28(29)34)33(40,15-14-23-7-8-23)31-5-3-4-16-35-31/h3-6,9-13,16-20,23,40H,7-8,14-15,34H2,1-2H3,(H,36,39). The number of carbonyl (C=O) groups is 1. The Balaban J connectivity index is 1.33. The zero-order valence-electron chi connectivity index (χ0n) is 23.2. The maximum Gasteiger partial charge on any atom is 0.274 e. The molecule has 2 heterocycles. The monoisotopic (exact) mass is 528 g/mol. The number of rotatable bonds is 8. The molecule has 2 N–H and O–H groups in total. The van der Waals surface area contributed by atoms with Crippen molar-refractivity contribution < 1.29 is 9.90 Å². The topological polar surface area (TPSA) is 80.0 Å². The van der Waals surface area contributed by atoms with Gasteiger partial charge in [-0.15, -0.1) is 0 Å². The predicted octanol–water partition coefficient (Wildman–Crippen LogP) is 4.97. The van der Waals surface area contributed by atoms with E-state index in [1.54, 1.807) is 16.9 Å². The molecule has 5 aromatic rings. The molecule has 40 heavy (non-hydrogen) atoms. The van der Waals surface area contributed by atoms with Gasteiger partial charge in [0.05, 0.1) is 17.1 Å². The van der Waals surface area contributed by atoms with Gasteiger partial charge in [0.15, 0.2) is 0 Å². The second-order valence-corrected chi connectivity index (χ2v) is 11.2. The Morgan fingerprint density at radius 1 is 1.02 bits per heavy atom. The third-order valence-electron chi connectivity index (χ3n) is 7.95. The van der Waals surface area contributed by atoms with Gasteiger partial charge in [0.25, 0.3) is 5.91 Å². The first-order valence-corrected chi connectivity index (χ1v) is 13.9. The molecule has 3 aromatic carbocycles. The van der Waals surface area contributed by atoms with Crippen molar-refractivity contribution >= 4 is 35.7 Å². The van der Waals surface area contributed by atoms with Crippen molar-refractivity contribution in [3.63, 3.8) is 0 Å². The Kier molecular flexibility index (Phi) is 6.76. The minimum atomic E-state index is -1.24. The van der Waals surface area contributed by atoms with Gasteiger partial charge in [0.1, 0.15) is 19.1 Å². The second kappa shape index (κ2) is 10.4. The summed E-state index contributed by atoms with van der Waals surface area (Å²) >= 11 is 0. The van der Waals surface area contributed by atoms with Gasteiger partial charge in [-0.05, 0) is 85.3 Å². The van der Waals surface area contributed by atoms with E-state index in [4.69, 9.17) is 0 Å². The van der Waals surface area contributed by atoms with E-state index in [1.165, 1.54) is 18.4 Å². The third-order valence-corrected chi connectivity index (χ3v) is 7.95. The largest absolute Gasteiger partial charge is 0.379 e. The SMILES string of the molecule is Bc1ccc(C(O)(CCC2CC2)c2ccccn2)cc1NC(=O)c1cc(C)nn1-c1ccc2cc(C)ccc2c1. The zero-order chi connectivity index (χ0) is 27.9. The quantitative estimate of drug-likeness (QED) is 0.279. The molecule has 1 amide bonds. The van der Waals surface area contributed by atoms with E-state index in [2.05, 4.69) is 52.7 Å². The van der Waals surface area contributed by atoms with Gasteiger partial charge < -0.3 is 10.4 Å². The lowest BCUT2D eigenvalue weighted by Crippen LogP contribution is -2.30. The Bertz CT molecular complexity index is 1710. The van der Waals surface area contributed by atoms with Crippen LogP contribution in [0.2, 0.25) is 0 Å². The highest BCUT2D eigenvalue weighted by Crippen LogP contribution is 2.40. The Labute approximate surface area is 235 Å². The van der Waals surface area contributed by atoms with Crippen LogP contribution in [0.3, 0.4) is 0 Å². The number of fused-ring (bicyclic) bond motifs is 1. The van der Waals surface area contributed by atoms with E-state index in [-0.39, 0.29) is 5.91 Å². The fraction of sp³-hybridized carbons (Fsp3) is 0.242. The van der Waals surface area contributed by atoms with Crippen molar-refractivity contribution in [2.24, 2.45) is 5.92 Å². The smallest absolute Gasteiger partial charge is 0.274 e. The first-order chi connectivity index (χ1) is 19.3. The van der Waals surface area contributed by atoms with Gasteiger partial charge in [0.2, 0.25) is 0 Å². The van der Waals surface area contributed by atoms with Crippen molar-refractivity contribution in [1.29, 1.82) is 0 Å². The van der Waals surface area contributed by atoms with Crippen LogP contribution in [0.15, 0.2) is 85.1 Å². The van der Waals surface area contributed by atoms with Crippen molar-refractivity contribution in [2.75, 3.05) is 5.32 Å². The summed E-state index contributed by atoms with van der Waals surface area (Å²) < 4.78 is 1.70. The summed E-state index contributed by atoms with van der Waals surface area (Å²) in [6.07, 6.45) is 5.67. The molecule has 1 fully saturated rings. The maximum absolute atomic E-state index is 13.7. The van der Waals surface area contributed by atoms with Gasteiger partial charge in [-0.1, -0.05) is 66.3 Å². The van der Waals surface area contributed by atoms with Crippen LogP contribution in [-0.4, -0.2) is 33.6 Å². The number of hydrogen-bond donors (Lipinski definition) is 2. The molecule has 6 nitrogen and oxygen atoms in total. The molecule has 6 rings (SSSR count). The van der Waals surface area contributed by atoms with Crippen molar-refractivity contribution in [3.05, 3.63) is 113 Å².